The van der Waals surface area contributed by atoms with E-state index < -0.39 is 27.0 Å². The molecule has 1 unspecified atom stereocenters. The van der Waals surface area contributed by atoms with E-state index in [-0.39, 0.29) is 6.61 Å². The minimum atomic E-state index is -1.48. The first-order chi connectivity index (χ1) is 9.17. The van der Waals surface area contributed by atoms with E-state index >= 15 is 0 Å². The molecule has 0 saturated carbocycles. The molecule has 0 aromatic heterocycles. The van der Waals surface area contributed by atoms with E-state index in [2.05, 4.69) is 14.6 Å². The predicted molar refractivity (Wildman–Crippen MR) is 64.3 cm³/mol. The number of benzene rings is 1. The third-order valence-corrected chi connectivity index (χ3v) is 2.32. The van der Waals surface area contributed by atoms with Crippen molar-refractivity contribution in [3.63, 3.8) is 0 Å². The Hall–Kier alpha value is -1.98. The Kier molecular flexibility index (Phi) is 6.49. The number of alkyl carbamates (subject to hydrolysis) is 1. The molecule has 19 heavy (non-hydrogen) atoms. The molecule has 0 heterocycles. The second-order valence-corrected chi connectivity index (χ2v) is 3.65. The standard InChI is InChI=1S/C11H12NO6P/c1-16-10(13)9(18-19-15)12-11(14)17-7-8-5-3-2-4-6-8/h2-6,9H,7H2,1H3,(H,12,14). The molecule has 0 spiro atoms. The lowest BCUT2D eigenvalue weighted by atomic mass is 10.2. The van der Waals surface area contributed by atoms with Crippen LogP contribution in [-0.4, -0.2) is 25.4 Å². The molecule has 1 aromatic carbocycles. The molecule has 0 aliphatic carbocycles. The Balaban J connectivity index is 2.44. The average Bonchev–Trinajstić information content (AvgIpc) is 2.45. The molecule has 102 valence electrons. The van der Waals surface area contributed by atoms with Crippen LogP contribution in [-0.2, 0) is 30.0 Å². The lowest BCUT2D eigenvalue weighted by molar-refractivity contribution is -0.149. The van der Waals surface area contributed by atoms with E-state index in [0.717, 1.165) is 12.7 Å². The molecule has 1 atom stereocenters. The van der Waals surface area contributed by atoms with Crippen LogP contribution in [0, 0.1) is 0 Å². The molecule has 1 rings (SSSR count). The van der Waals surface area contributed by atoms with Crippen molar-refractivity contribution in [3.8, 4) is 0 Å². The second kappa shape index (κ2) is 8.18. The molecule has 1 amide bonds. The van der Waals surface area contributed by atoms with Gasteiger partial charge in [-0.05, 0) is 5.56 Å². The van der Waals surface area contributed by atoms with Gasteiger partial charge in [0, 0.05) is 0 Å². The van der Waals surface area contributed by atoms with Crippen LogP contribution in [0.2, 0.25) is 0 Å². The summed E-state index contributed by atoms with van der Waals surface area (Å²) in [4.78, 5) is 22.5. The maximum Gasteiger partial charge on any atom is 0.409 e. The zero-order valence-electron chi connectivity index (χ0n) is 10.1. The Morgan fingerprint density at radius 2 is 2.00 bits per heavy atom. The molecule has 7 nitrogen and oxygen atoms in total. The fourth-order valence-corrected chi connectivity index (χ4v) is 1.38. The number of esters is 1. The van der Waals surface area contributed by atoms with Gasteiger partial charge in [0.25, 0.3) is 0 Å². The van der Waals surface area contributed by atoms with Crippen molar-refractivity contribution >= 4 is 20.7 Å². The van der Waals surface area contributed by atoms with Crippen LogP contribution in [0.3, 0.4) is 0 Å². The maximum absolute atomic E-state index is 11.4. The number of carbonyl (C=O) groups is 2. The first kappa shape index (κ1) is 15.1. The zero-order chi connectivity index (χ0) is 14.1. The Morgan fingerprint density at radius 1 is 1.32 bits per heavy atom. The van der Waals surface area contributed by atoms with E-state index in [9.17, 15) is 14.2 Å². The van der Waals surface area contributed by atoms with Gasteiger partial charge < -0.3 is 9.47 Å². The molecule has 0 fully saturated rings. The molecule has 0 aliphatic heterocycles. The number of hydrogen-bond donors (Lipinski definition) is 1. The van der Waals surface area contributed by atoms with Crippen molar-refractivity contribution in [2.24, 2.45) is 0 Å². The number of carbonyl (C=O) groups excluding carboxylic acids is 2. The van der Waals surface area contributed by atoms with Crippen LogP contribution in [0.1, 0.15) is 5.56 Å². The largest absolute Gasteiger partial charge is 0.466 e. The minimum absolute atomic E-state index is 0.0374. The first-order valence-corrected chi connectivity index (χ1v) is 5.94. The summed E-state index contributed by atoms with van der Waals surface area (Å²) in [5.41, 5.74) is 0.787. The quantitative estimate of drug-likeness (QED) is 0.485. The minimum Gasteiger partial charge on any atom is -0.466 e. The van der Waals surface area contributed by atoms with E-state index in [1.807, 2.05) is 6.07 Å². The van der Waals surface area contributed by atoms with E-state index in [0.29, 0.717) is 0 Å². The number of hydrogen-bond acceptors (Lipinski definition) is 6. The molecular weight excluding hydrogens is 273 g/mol. The summed E-state index contributed by atoms with van der Waals surface area (Å²) in [5.74, 6) is -0.889. The summed E-state index contributed by atoms with van der Waals surface area (Å²) in [6.07, 6.45) is -2.37. The topological polar surface area (TPSA) is 90.9 Å². The predicted octanol–water partition coefficient (Wildman–Crippen LogP) is 1.64. The van der Waals surface area contributed by atoms with Gasteiger partial charge in [-0.3, -0.25) is 9.84 Å². The smallest absolute Gasteiger partial charge is 0.409 e. The Bertz CT molecular complexity index is 438. The summed E-state index contributed by atoms with van der Waals surface area (Å²) in [5, 5.41) is 2.07. The number of nitrogens with one attached hydrogen (secondary N) is 1. The normalized spacial score (nSPS) is 11.6. The highest BCUT2D eigenvalue weighted by molar-refractivity contribution is 7.17. The van der Waals surface area contributed by atoms with Crippen LogP contribution < -0.4 is 5.32 Å². The molecule has 0 bridgehead atoms. The van der Waals surface area contributed by atoms with E-state index in [1.165, 1.54) is 0 Å². The average molecular weight is 285 g/mol. The molecule has 8 heteroatoms. The number of amides is 1. The van der Waals surface area contributed by atoms with Crippen LogP contribution in [0.5, 0.6) is 0 Å². The molecule has 0 aliphatic rings. The third-order valence-electron chi connectivity index (χ3n) is 2.03. The summed E-state index contributed by atoms with van der Waals surface area (Å²) < 4.78 is 23.9. The van der Waals surface area contributed by atoms with Crippen LogP contribution in [0.25, 0.3) is 0 Å². The van der Waals surface area contributed by atoms with Crippen molar-refractivity contribution in [2.45, 2.75) is 12.8 Å². The van der Waals surface area contributed by atoms with E-state index in [4.69, 9.17) is 4.74 Å². The van der Waals surface area contributed by atoms with Gasteiger partial charge in [-0.25, -0.2) is 14.2 Å². The van der Waals surface area contributed by atoms with Gasteiger partial charge in [-0.1, -0.05) is 30.3 Å². The highest BCUT2D eigenvalue weighted by Gasteiger charge is 2.23. The van der Waals surface area contributed by atoms with Crippen molar-refractivity contribution < 1.29 is 28.2 Å². The summed E-state index contributed by atoms with van der Waals surface area (Å²) in [7, 11) is 0.347. The lowest BCUT2D eigenvalue weighted by Gasteiger charge is -2.13. The van der Waals surface area contributed by atoms with Crippen LogP contribution >= 0.6 is 8.69 Å². The van der Waals surface area contributed by atoms with Crippen molar-refractivity contribution in [2.75, 3.05) is 7.11 Å². The maximum atomic E-state index is 11.4. The summed E-state index contributed by atoms with van der Waals surface area (Å²) >= 11 is 0. The highest BCUT2D eigenvalue weighted by Crippen LogP contribution is 2.04. The van der Waals surface area contributed by atoms with Gasteiger partial charge in [-0.15, -0.1) is 0 Å². The van der Waals surface area contributed by atoms with Crippen LogP contribution in [0.4, 0.5) is 4.79 Å². The van der Waals surface area contributed by atoms with Crippen molar-refractivity contribution in [3.05, 3.63) is 35.9 Å². The molecule has 0 saturated heterocycles. The Morgan fingerprint density at radius 3 is 2.58 bits per heavy atom. The summed E-state index contributed by atoms with van der Waals surface area (Å²) in [6, 6.07) is 8.98. The monoisotopic (exact) mass is 285 g/mol. The SMILES string of the molecule is COC(=O)C(NC(=O)OCc1ccccc1)OP=O. The lowest BCUT2D eigenvalue weighted by Crippen LogP contribution is -2.42. The van der Waals surface area contributed by atoms with Gasteiger partial charge in [-0.2, -0.15) is 0 Å². The van der Waals surface area contributed by atoms with Gasteiger partial charge in [0.2, 0.25) is 6.23 Å². The zero-order valence-corrected chi connectivity index (χ0v) is 11.0. The molecular formula is C11H12NO6P. The first-order valence-electron chi connectivity index (χ1n) is 5.21. The fourth-order valence-electron chi connectivity index (χ4n) is 1.15. The third kappa shape index (κ3) is 5.46. The number of rotatable bonds is 6. The van der Waals surface area contributed by atoms with Crippen LogP contribution in [0.15, 0.2) is 30.3 Å². The Labute approximate surface area is 111 Å². The van der Waals surface area contributed by atoms with Gasteiger partial charge in [0.1, 0.15) is 6.61 Å². The molecule has 0 radical (unpaired) electrons. The molecule has 1 aromatic rings. The van der Waals surface area contributed by atoms with Crippen molar-refractivity contribution in [1.29, 1.82) is 0 Å². The number of ether oxygens (including phenoxy) is 2. The van der Waals surface area contributed by atoms with E-state index in [1.54, 1.807) is 24.3 Å². The summed E-state index contributed by atoms with van der Waals surface area (Å²) in [6.45, 7) is 0.0374. The molecule has 1 N–H and O–H groups in total. The second-order valence-electron chi connectivity index (χ2n) is 3.29. The number of methoxy groups -OCH3 is 1. The highest BCUT2D eigenvalue weighted by atomic mass is 31.1. The van der Waals surface area contributed by atoms with Gasteiger partial charge >= 0.3 is 20.7 Å². The van der Waals surface area contributed by atoms with Gasteiger partial charge in [0.15, 0.2) is 0 Å². The fraction of sp³-hybridized carbons (Fsp3) is 0.273. The van der Waals surface area contributed by atoms with Crippen molar-refractivity contribution in [1.82, 2.24) is 5.32 Å². The van der Waals surface area contributed by atoms with Gasteiger partial charge in [0.05, 0.1) is 7.11 Å².